The zero-order valence-electron chi connectivity index (χ0n) is 8.59. The Morgan fingerprint density at radius 1 is 1.50 bits per heavy atom. The van der Waals surface area contributed by atoms with Crippen molar-refractivity contribution in [3.05, 3.63) is 29.3 Å². The standard InChI is InChI=1S/C11H16FNO/c1-8-5-11(14-7-9(2)12)4-3-10(8)6-13/h3-5,9H,6-7,13H2,1-2H3/t9-/m1/s1. The molecule has 2 nitrogen and oxygen atoms in total. The Morgan fingerprint density at radius 3 is 2.71 bits per heavy atom. The molecule has 0 amide bonds. The number of ether oxygens (including phenoxy) is 1. The maximum Gasteiger partial charge on any atom is 0.131 e. The highest BCUT2D eigenvalue weighted by Gasteiger charge is 2.02. The summed E-state index contributed by atoms with van der Waals surface area (Å²) >= 11 is 0. The lowest BCUT2D eigenvalue weighted by Crippen LogP contribution is -2.08. The van der Waals surface area contributed by atoms with Crippen LogP contribution in [0.1, 0.15) is 18.1 Å². The first-order valence-electron chi connectivity index (χ1n) is 4.70. The van der Waals surface area contributed by atoms with E-state index >= 15 is 0 Å². The lowest BCUT2D eigenvalue weighted by Gasteiger charge is -2.09. The zero-order chi connectivity index (χ0) is 10.6. The van der Waals surface area contributed by atoms with Gasteiger partial charge in [-0.1, -0.05) is 6.07 Å². The van der Waals surface area contributed by atoms with E-state index in [4.69, 9.17) is 10.5 Å². The molecule has 0 fully saturated rings. The average Bonchev–Trinajstić information content (AvgIpc) is 2.15. The van der Waals surface area contributed by atoms with E-state index in [0.29, 0.717) is 12.3 Å². The van der Waals surface area contributed by atoms with E-state index in [1.165, 1.54) is 6.92 Å². The van der Waals surface area contributed by atoms with E-state index < -0.39 is 6.17 Å². The molecule has 0 saturated heterocycles. The van der Waals surface area contributed by atoms with Gasteiger partial charge in [-0.05, 0) is 37.1 Å². The molecule has 0 saturated carbocycles. The molecule has 1 aromatic carbocycles. The van der Waals surface area contributed by atoms with Gasteiger partial charge in [-0.25, -0.2) is 4.39 Å². The SMILES string of the molecule is Cc1cc(OC[C@@H](C)F)ccc1CN. The van der Waals surface area contributed by atoms with Crippen LogP contribution in [0, 0.1) is 6.92 Å². The fourth-order valence-electron chi connectivity index (χ4n) is 1.20. The van der Waals surface area contributed by atoms with Gasteiger partial charge < -0.3 is 10.5 Å². The van der Waals surface area contributed by atoms with Crippen LogP contribution in [-0.2, 0) is 6.54 Å². The highest BCUT2D eigenvalue weighted by atomic mass is 19.1. The number of nitrogens with two attached hydrogens (primary N) is 1. The van der Waals surface area contributed by atoms with Crippen LogP contribution in [0.2, 0.25) is 0 Å². The first-order valence-corrected chi connectivity index (χ1v) is 4.70. The molecule has 1 rings (SSSR count). The number of aryl methyl sites for hydroxylation is 1. The minimum absolute atomic E-state index is 0.0986. The monoisotopic (exact) mass is 197 g/mol. The normalized spacial score (nSPS) is 12.6. The lowest BCUT2D eigenvalue weighted by atomic mass is 10.1. The van der Waals surface area contributed by atoms with Crippen molar-refractivity contribution in [1.29, 1.82) is 0 Å². The van der Waals surface area contributed by atoms with Crippen molar-refractivity contribution in [3.63, 3.8) is 0 Å². The van der Waals surface area contributed by atoms with Crippen molar-refractivity contribution in [2.45, 2.75) is 26.6 Å². The van der Waals surface area contributed by atoms with Gasteiger partial charge in [0.15, 0.2) is 0 Å². The van der Waals surface area contributed by atoms with Gasteiger partial charge in [0.2, 0.25) is 0 Å². The van der Waals surface area contributed by atoms with E-state index in [9.17, 15) is 4.39 Å². The van der Waals surface area contributed by atoms with Crippen LogP contribution >= 0.6 is 0 Å². The first kappa shape index (κ1) is 11.0. The molecular formula is C11H16FNO. The Morgan fingerprint density at radius 2 is 2.21 bits per heavy atom. The molecule has 1 aromatic rings. The second-order valence-electron chi connectivity index (χ2n) is 3.38. The minimum atomic E-state index is -0.940. The molecule has 0 heterocycles. The van der Waals surface area contributed by atoms with Crippen molar-refractivity contribution in [2.24, 2.45) is 5.73 Å². The largest absolute Gasteiger partial charge is 0.491 e. The number of alkyl halides is 1. The number of benzene rings is 1. The number of hydrogen-bond acceptors (Lipinski definition) is 2. The third kappa shape index (κ3) is 3.00. The summed E-state index contributed by atoms with van der Waals surface area (Å²) in [6.07, 6.45) is -0.940. The molecule has 0 aliphatic rings. The molecule has 14 heavy (non-hydrogen) atoms. The Bertz CT molecular complexity index is 299. The summed E-state index contributed by atoms with van der Waals surface area (Å²) in [4.78, 5) is 0. The fraction of sp³-hybridized carbons (Fsp3) is 0.455. The van der Waals surface area contributed by atoms with Gasteiger partial charge in [0.05, 0.1) is 0 Å². The quantitative estimate of drug-likeness (QED) is 0.803. The average molecular weight is 197 g/mol. The topological polar surface area (TPSA) is 35.2 Å². The molecule has 1 atom stereocenters. The molecule has 3 heteroatoms. The highest BCUT2D eigenvalue weighted by molar-refractivity contribution is 5.34. The van der Waals surface area contributed by atoms with Gasteiger partial charge in [0.1, 0.15) is 18.5 Å². The number of hydrogen-bond donors (Lipinski definition) is 1. The third-order valence-electron chi connectivity index (χ3n) is 2.01. The van der Waals surface area contributed by atoms with E-state index in [1.807, 2.05) is 25.1 Å². The maximum absolute atomic E-state index is 12.5. The minimum Gasteiger partial charge on any atom is -0.491 e. The highest BCUT2D eigenvalue weighted by Crippen LogP contribution is 2.17. The van der Waals surface area contributed by atoms with Gasteiger partial charge in [-0.15, -0.1) is 0 Å². The first-order chi connectivity index (χ1) is 6.63. The summed E-state index contributed by atoms with van der Waals surface area (Å²) < 4.78 is 17.7. The third-order valence-corrected chi connectivity index (χ3v) is 2.01. The molecular weight excluding hydrogens is 181 g/mol. The number of rotatable bonds is 4. The Labute approximate surface area is 83.9 Å². The zero-order valence-corrected chi connectivity index (χ0v) is 8.59. The molecule has 78 valence electrons. The Balaban J connectivity index is 2.66. The summed E-state index contributed by atoms with van der Waals surface area (Å²) in [5, 5.41) is 0. The van der Waals surface area contributed by atoms with E-state index in [2.05, 4.69) is 0 Å². The molecule has 0 unspecified atom stereocenters. The van der Waals surface area contributed by atoms with Gasteiger partial charge in [0.25, 0.3) is 0 Å². The fourth-order valence-corrected chi connectivity index (χ4v) is 1.20. The molecule has 0 spiro atoms. The second kappa shape index (κ2) is 4.96. The lowest BCUT2D eigenvalue weighted by molar-refractivity contribution is 0.209. The van der Waals surface area contributed by atoms with Crippen LogP contribution < -0.4 is 10.5 Å². The summed E-state index contributed by atoms with van der Waals surface area (Å²) in [5.74, 6) is 0.698. The Hall–Kier alpha value is -1.09. The predicted molar refractivity (Wildman–Crippen MR) is 55.1 cm³/mol. The molecule has 0 aromatic heterocycles. The summed E-state index contributed by atoms with van der Waals surface area (Å²) in [5.41, 5.74) is 7.69. The molecule has 0 bridgehead atoms. The summed E-state index contributed by atoms with van der Waals surface area (Å²) in [6, 6.07) is 5.61. The molecule has 0 radical (unpaired) electrons. The van der Waals surface area contributed by atoms with Crippen LogP contribution in [0.15, 0.2) is 18.2 Å². The van der Waals surface area contributed by atoms with E-state index in [-0.39, 0.29) is 6.61 Å². The number of halogens is 1. The smallest absolute Gasteiger partial charge is 0.131 e. The summed E-state index contributed by atoms with van der Waals surface area (Å²) in [7, 11) is 0. The van der Waals surface area contributed by atoms with Crippen molar-refractivity contribution in [3.8, 4) is 5.75 Å². The van der Waals surface area contributed by atoms with Crippen molar-refractivity contribution in [1.82, 2.24) is 0 Å². The van der Waals surface area contributed by atoms with Gasteiger partial charge in [0, 0.05) is 6.54 Å². The Kier molecular flexibility index (Phi) is 3.89. The summed E-state index contributed by atoms with van der Waals surface area (Å²) in [6.45, 7) is 4.06. The second-order valence-corrected chi connectivity index (χ2v) is 3.38. The van der Waals surface area contributed by atoms with E-state index in [0.717, 1.165) is 11.1 Å². The van der Waals surface area contributed by atoms with E-state index in [1.54, 1.807) is 0 Å². The van der Waals surface area contributed by atoms with Crippen LogP contribution in [0.25, 0.3) is 0 Å². The van der Waals surface area contributed by atoms with Crippen molar-refractivity contribution in [2.75, 3.05) is 6.61 Å². The van der Waals surface area contributed by atoms with Crippen molar-refractivity contribution >= 4 is 0 Å². The van der Waals surface area contributed by atoms with Gasteiger partial charge in [-0.3, -0.25) is 0 Å². The van der Waals surface area contributed by atoms with Crippen LogP contribution in [0.5, 0.6) is 5.75 Å². The van der Waals surface area contributed by atoms with Gasteiger partial charge in [-0.2, -0.15) is 0 Å². The molecule has 0 aliphatic heterocycles. The predicted octanol–water partition coefficient (Wildman–Crippen LogP) is 2.19. The maximum atomic E-state index is 12.5. The molecule has 0 aliphatic carbocycles. The van der Waals surface area contributed by atoms with Crippen LogP contribution in [-0.4, -0.2) is 12.8 Å². The van der Waals surface area contributed by atoms with Crippen LogP contribution in [0.4, 0.5) is 4.39 Å². The van der Waals surface area contributed by atoms with Gasteiger partial charge >= 0.3 is 0 Å². The van der Waals surface area contributed by atoms with Crippen LogP contribution in [0.3, 0.4) is 0 Å². The molecule has 2 N–H and O–H groups in total. The van der Waals surface area contributed by atoms with Crippen molar-refractivity contribution < 1.29 is 9.13 Å².